The highest BCUT2D eigenvalue weighted by Gasteiger charge is 2.18. The molecule has 4 heterocycles. The van der Waals surface area contributed by atoms with Crippen molar-refractivity contribution in [2.75, 3.05) is 30.2 Å². The standard InChI is InChI=1S/C28H23N7O4/c1-38-23-8-9-24(33-28(23)39-2)31-22-15-21(34-35-11-10-29-26(22)35)16-4-3-5-17(12-16)27(37)30-19-6-7-20-18(13-19)14-25(36)32-20/h3-13,15H,14H2,1-2H3,(H,30,37)(H,31,33)(H,32,36). The van der Waals surface area contributed by atoms with Crippen LogP contribution in [0.25, 0.3) is 16.9 Å². The Kier molecular flexibility index (Phi) is 6.00. The number of nitrogens with zero attached hydrogens (tertiary/aromatic N) is 4. The van der Waals surface area contributed by atoms with Crippen molar-refractivity contribution in [1.29, 1.82) is 0 Å². The molecule has 3 N–H and O–H groups in total. The zero-order chi connectivity index (χ0) is 26.9. The minimum absolute atomic E-state index is 0.0562. The van der Waals surface area contributed by atoms with Gasteiger partial charge in [-0.2, -0.15) is 10.1 Å². The number of hydrogen-bond acceptors (Lipinski definition) is 8. The molecular weight excluding hydrogens is 498 g/mol. The first-order valence-corrected chi connectivity index (χ1v) is 12.1. The first kappa shape index (κ1) is 23.9. The van der Waals surface area contributed by atoms with E-state index in [1.807, 2.05) is 18.2 Å². The Morgan fingerprint density at radius 1 is 1.05 bits per heavy atom. The Morgan fingerprint density at radius 3 is 2.79 bits per heavy atom. The highest BCUT2D eigenvalue weighted by molar-refractivity contribution is 6.06. The van der Waals surface area contributed by atoms with Gasteiger partial charge in [0.15, 0.2) is 11.4 Å². The van der Waals surface area contributed by atoms with Gasteiger partial charge in [-0.05, 0) is 54.1 Å². The van der Waals surface area contributed by atoms with Crippen LogP contribution >= 0.6 is 0 Å². The maximum absolute atomic E-state index is 13.1. The normalized spacial score (nSPS) is 12.1. The van der Waals surface area contributed by atoms with Crippen LogP contribution in [0.4, 0.5) is 22.9 Å². The minimum atomic E-state index is -0.273. The summed E-state index contributed by atoms with van der Waals surface area (Å²) in [6.45, 7) is 0. The molecule has 11 nitrogen and oxygen atoms in total. The number of methoxy groups -OCH3 is 2. The van der Waals surface area contributed by atoms with E-state index < -0.39 is 0 Å². The molecule has 194 valence electrons. The van der Waals surface area contributed by atoms with E-state index in [1.165, 1.54) is 7.11 Å². The molecule has 1 aliphatic rings. The van der Waals surface area contributed by atoms with Crippen molar-refractivity contribution in [2.45, 2.75) is 6.42 Å². The number of anilines is 4. The topological polar surface area (TPSA) is 132 Å². The quantitative estimate of drug-likeness (QED) is 0.289. The van der Waals surface area contributed by atoms with E-state index in [1.54, 1.807) is 66.5 Å². The molecule has 0 saturated carbocycles. The van der Waals surface area contributed by atoms with Crippen molar-refractivity contribution < 1.29 is 19.1 Å². The third-order valence-corrected chi connectivity index (χ3v) is 6.27. The van der Waals surface area contributed by atoms with Crippen LogP contribution in [0.3, 0.4) is 0 Å². The van der Waals surface area contributed by atoms with E-state index in [4.69, 9.17) is 9.47 Å². The molecule has 2 amide bonds. The molecule has 0 aliphatic carbocycles. The van der Waals surface area contributed by atoms with Crippen LogP contribution in [0, 0.1) is 0 Å². The molecule has 0 spiro atoms. The highest BCUT2D eigenvalue weighted by atomic mass is 16.5. The van der Waals surface area contributed by atoms with Gasteiger partial charge in [0.25, 0.3) is 11.8 Å². The number of aromatic nitrogens is 4. The monoisotopic (exact) mass is 521 g/mol. The van der Waals surface area contributed by atoms with E-state index in [0.29, 0.717) is 52.1 Å². The third kappa shape index (κ3) is 4.68. The van der Waals surface area contributed by atoms with E-state index in [9.17, 15) is 9.59 Å². The molecule has 0 bridgehead atoms. The maximum atomic E-state index is 13.1. The van der Waals surface area contributed by atoms with Crippen molar-refractivity contribution in [3.8, 4) is 22.9 Å². The van der Waals surface area contributed by atoms with Gasteiger partial charge < -0.3 is 25.4 Å². The lowest BCUT2D eigenvalue weighted by Gasteiger charge is -2.12. The van der Waals surface area contributed by atoms with Gasteiger partial charge in [-0.25, -0.2) is 9.50 Å². The van der Waals surface area contributed by atoms with Crippen molar-refractivity contribution in [3.63, 3.8) is 0 Å². The Balaban J connectivity index is 1.29. The Hall–Kier alpha value is -5.45. The van der Waals surface area contributed by atoms with E-state index in [0.717, 1.165) is 16.8 Å². The lowest BCUT2D eigenvalue weighted by molar-refractivity contribution is -0.115. The number of ether oxygens (including phenoxy) is 2. The molecule has 3 aromatic heterocycles. The van der Waals surface area contributed by atoms with Crippen molar-refractivity contribution in [2.24, 2.45) is 0 Å². The second-order valence-corrected chi connectivity index (χ2v) is 8.80. The van der Waals surface area contributed by atoms with Crippen LogP contribution in [0.1, 0.15) is 15.9 Å². The molecule has 6 rings (SSSR count). The molecule has 0 saturated heterocycles. The number of carbonyl (C=O) groups is 2. The number of imidazole rings is 1. The third-order valence-electron chi connectivity index (χ3n) is 6.27. The zero-order valence-corrected chi connectivity index (χ0v) is 21.1. The molecule has 39 heavy (non-hydrogen) atoms. The van der Waals surface area contributed by atoms with E-state index >= 15 is 0 Å². The second-order valence-electron chi connectivity index (χ2n) is 8.80. The van der Waals surface area contributed by atoms with Crippen molar-refractivity contribution >= 4 is 40.3 Å². The number of hydrogen-bond donors (Lipinski definition) is 3. The minimum Gasteiger partial charge on any atom is -0.491 e. The largest absolute Gasteiger partial charge is 0.491 e. The SMILES string of the molecule is COc1ccc(Nc2cc(-c3cccc(C(=O)Nc4ccc5c(c4)CC(=O)N5)c3)nn3ccnc23)nc1OC. The smallest absolute Gasteiger partial charge is 0.258 e. The van der Waals surface area contributed by atoms with Crippen molar-refractivity contribution in [1.82, 2.24) is 19.6 Å². The summed E-state index contributed by atoms with van der Waals surface area (Å²) in [6, 6.07) is 17.9. The zero-order valence-electron chi connectivity index (χ0n) is 21.1. The van der Waals surface area contributed by atoms with Crippen LogP contribution < -0.4 is 25.4 Å². The van der Waals surface area contributed by atoms with Gasteiger partial charge >= 0.3 is 0 Å². The summed E-state index contributed by atoms with van der Waals surface area (Å²) in [7, 11) is 3.08. The lowest BCUT2D eigenvalue weighted by atomic mass is 10.1. The fraction of sp³-hybridized carbons (Fsp3) is 0.107. The number of benzene rings is 2. The molecule has 0 atom stereocenters. The van der Waals surface area contributed by atoms with Crippen LogP contribution in [-0.4, -0.2) is 45.6 Å². The Labute approximate surface area is 222 Å². The summed E-state index contributed by atoms with van der Waals surface area (Å²) in [6.07, 6.45) is 3.70. The first-order valence-electron chi connectivity index (χ1n) is 12.1. The molecule has 0 unspecified atom stereocenters. The highest BCUT2D eigenvalue weighted by Crippen LogP contribution is 2.30. The number of nitrogens with one attached hydrogen (secondary N) is 3. The fourth-order valence-corrected chi connectivity index (χ4v) is 4.42. The molecular formula is C28H23N7O4. The van der Waals surface area contributed by atoms with Crippen LogP contribution in [0.15, 0.2) is 73.1 Å². The number of carbonyl (C=O) groups excluding carboxylic acids is 2. The molecule has 2 aromatic carbocycles. The average Bonchev–Trinajstić information content (AvgIpc) is 3.58. The Morgan fingerprint density at radius 2 is 1.95 bits per heavy atom. The molecule has 1 aliphatic heterocycles. The summed E-state index contributed by atoms with van der Waals surface area (Å²) >= 11 is 0. The van der Waals surface area contributed by atoms with Crippen LogP contribution in [0.2, 0.25) is 0 Å². The van der Waals surface area contributed by atoms with Crippen molar-refractivity contribution in [3.05, 3.63) is 84.2 Å². The molecule has 11 heteroatoms. The van der Waals surface area contributed by atoms with Gasteiger partial charge in [-0.1, -0.05) is 12.1 Å². The fourth-order valence-electron chi connectivity index (χ4n) is 4.42. The van der Waals surface area contributed by atoms with Gasteiger partial charge in [0.05, 0.1) is 32.0 Å². The number of pyridine rings is 1. The number of amides is 2. The summed E-state index contributed by atoms with van der Waals surface area (Å²) in [5.74, 6) is 1.07. The van der Waals surface area contributed by atoms with Gasteiger partial charge in [-0.15, -0.1) is 0 Å². The first-order chi connectivity index (χ1) is 19.0. The summed E-state index contributed by atoms with van der Waals surface area (Å²) in [5.41, 5.74) is 5.35. The number of rotatable bonds is 7. The maximum Gasteiger partial charge on any atom is 0.258 e. The second kappa shape index (κ2) is 9.78. The predicted molar refractivity (Wildman–Crippen MR) is 146 cm³/mol. The van der Waals surface area contributed by atoms with Gasteiger partial charge in [-0.3, -0.25) is 9.59 Å². The van der Waals surface area contributed by atoms with Crippen LogP contribution in [0.5, 0.6) is 11.6 Å². The molecule has 0 radical (unpaired) electrons. The molecule has 5 aromatic rings. The van der Waals surface area contributed by atoms with Gasteiger partial charge in [0.2, 0.25) is 5.91 Å². The van der Waals surface area contributed by atoms with Crippen LogP contribution in [-0.2, 0) is 11.2 Å². The summed E-state index contributed by atoms with van der Waals surface area (Å²) in [5, 5.41) is 13.7. The van der Waals surface area contributed by atoms with E-state index in [2.05, 4.69) is 31.0 Å². The molecule has 0 fully saturated rings. The van der Waals surface area contributed by atoms with Gasteiger partial charge in [0.1, 0.15) is 5.82 Å². The average molecular weight is 522 g/mol. The summed E-state index contributed by atoms with van der Waals surface area (Å²) < 4.78 is 12.3. The van der Waals surface area contributed by atoms with E-state index in [-0.39, 0.29) is 11.8 Å². The summed E-state index contributed by atoms with van der Waals surface area (Å²) in [4.78, 5) is 33.6. The lowest BCUT2D eigenvalue weighted by Crippen LogP contribution is -2.12. The van der Waals surface area contributed by atoms with Gasteiger partial charge in [0, 0.05) is 34.9 Å². The number of fused-ring (bicyclic) bond motifs is 2. The predicted octanol–water partition coefficient (Wildman–Crippen LogP) is 4.30. The Bertz CT molecular complexity index is 1750.